The molecule has 20 heavy (non-hydrogen) atoms. The molecule has 1 amide bonds. The number of rotatable bonds is 4. The fraction of sp³-hybridized carbons (Fsp3) is 0.267. The van der Waals surface area contributed by atoms with Gasteiger partial charge in [-0.25, -0.2) is 0 Å². The van der Waals surface area contributed by atoms with Crippen LogP contribution in [-0.4, -0.2) is 33.4 Å². The van der Waals surface area contributed by atoms with E-state index in [1.54, 1.807) is 17.2 Å². The van der Waals surface area contributed by atoms with E-state index in [0.717, 1.165) is 10.9 Å². The van der Waals surface area contributed by atoms with Crippen LogP contribution in [-0.2, 0) is 0 Å². The Kier molecular flexibility index (Phi) is 4.29. The Hall–Kier alpha value is -2.01. The standard InChI is InChI=1S/C15H17N3OS/c1-10(2)18(9-14(16)20)15(19)12-7-8-17-13-6-4-3-5-11(12)13/h3-8,10H,9H2,1-2H3,(H2,16,20). The second-order valence-corrected chi connectivity index (χ2v) is 5.39. The highest BCUT2D eigenvalue weighted by Gasteiger charge is 2.21. The minimum absolute atomic E-state index is 0.0240. The summed E-state index contributed by atoms with van der Waals surface area (Å²) in [6, 6.07) is 9.34. The Labute approximate surface area is 123 Å². The number of benzene rings is 1. The number of nitrogens with zero attached hydrogens (tertiary/aromatic N) is 2. The Bertz CT molecular complexity index is 649. The predicted molar refractivity (Wildman–Crippen MR) is 84.7 cm³/mol. The van der Waals surface area contributed by atoms with Crippen LogP contribution in [0.2, 0.25) is 0 Å². The first-order chi connectivity index (χ1) is 9.50. The van der Waals surface area contributed by atoms with Crippen molar-refractivity contribution in [2.24, 2.45) is 5.73 Å². The second kappa shape index (κ2) is 5.96. The lowest BCUT2D eigenvalue weighted by Crippen LogP contribution is -2.42. The van der Waals surface area contributed by atoms with Gasteiger partial charge < -0.3 is 10.6 Å². The molecule has 1 aromatic carbocycles. The average molecular weight is 287 g/mol. The first kappa shape index (κ1) is 14.4. The van der Waals surface area contributed by atoms with Gasteiger partial charge in [-0.2, -0.15) is 0 Å². The van der Waals surface area contributed by atoms with E-state index < -0.39 is 0 Å². The molecule has 0 aliphatic heterocycles. The number of hydrogen-bond acceptors (Lipinski definition) is 3. The molecule has 0 aliphatic carbocycles. The lowest BCUT2D eigenvalue weighted by Gasteiger charge is -2.26. The zero-order valence-electron chi connectivity index (χ0n) is 11.5. The van der Waals surface area contributed by atoms with E-state index in [1.807, 2.05) is 38.1 Å². The SMILES string of the molecule is CC(C)N(CC(N)=S)C(=O)c1ccnc2ccccc12. The van der Waals surface area contributed by atoms with Gasteiger partial charge in [0, 0.05) is 17.6 Å². The molecule has 0 radical (unpaired) electrons. The van der Waals surface area contributed by atoms with Crippen molar-refractivity contribution in [1.29, 1.82) is 0 Å². The highest BCUT2D eigenvalue weighted by Crippen LogP contribution is 2.18. The van der Waals surface area contributed by atoms with Crippen molar-refractivity contribution in [2.45, 2.75) is 19.9 Å². The molecule has 0 spiro atoms. The normalized spacial score (nSPS) is 10.8. The van der Waals surface area contributed by atoms with Crippen molar-refractivity contribution >= 4 is 34.0 Å². The fourth-order valence-corrected chi connectivity index (χ4v) is 2.23. The zero-order valence-corrected chi connectivity index (χ0v) is 12.4. The van der Waals surface area contributed by atoms with Crippen LogP contribution in [0.5, 0.6) is 0 Å². The van der Waals surface area contributed by atoms with Crippen molar-refractivity contribution in [1.82, 2.24) is 9.88 Å². The Morgan fingerprint density at radius 3 is 2.70 bits per heavy atom. The number of aromatic nitrogens is 1. The smallest absolute Gasteiger partial charge is 0.255 e. The van der Waals surface area contributed by atoms with Crippen molar-refractivity contribution < 1.29 is 4.79 Å². The van der Waals surface area contributed by atoms with E-state index in [-0.39, 0.29) is 18.5 Å². The summed E-state index contributed by atoms with van der Waals surface area (Å²) in [5.74, 6) is -0.0774. The molecule has 0 fully saturated rings. The topological polar surface area (TPSA) is 59.2 Å². The van der Waals surface area contributed by atoms with Crippen molar-refractivity contribution in [3.63, 3.8) is 0 Å². The van der Waals surface area contributed by atoms with Gasteiger partial charge >= 0.3 is 0 Å². The lowest BCUT2D eigenvalue weighted by atomic mass is 10.1. The van der Waals surface area contributed by atoms with E-state index in [2.05, 4.69) is 4.98 Å². The van der Waals surface area contributed by atoms with Gasteiger partial charge in [0.25, 0.3) is 5.91 Å². The number of hydrogen-bond donors (Lipinski definition) is 1. The first-order valence-electron chi connectivity index (χ1n) is 6.43. The number of nitrogens with two attached hydrogens (primary N) is 1. The zero-order chi connectivity index (χ0) is 14.7. The Morgan fingerprint density at radius 2 is 2.05 bits per heavy atom. The van der Waals surface area contributed by atoms with Gasteiger partial charge in [-0.05, 0) is 26.0 Å². The second-order valence-electron chi connectivity index (χ2n) is 4.87. The summed E-state index contributed by atoms with van der Waals surface area (Å²) in [6.45, 7) is 4.17. The number of fused-ring (bicyclic) bond motifs is 1. The molecular formula is C15H17N3OS. The summed E-state index contributed by atoms with van der Waals surface area (Å²) in [6.07, 6.45) is 1.65. The van der Waals surface area contributed by atoms with Gasteiger partial charge in [-0.15, -0.1) is 0 Å². The number of carbonyl (C=O) groups is 1. The maximum absolute atomic E-state index is 12.7. The molecule has 2 N–H and O–H groups in total. The molecule has 0 saturated heterocycles. The van der Waals surface area contributed by atoms with Crippen LogP contribution >= 0.6 is 12.2 Å². The molecule has 0 aliphatic rings. The van der Waals surface area contributed by atoms with Crippen molar-refractivity contribution in [3.05, 3.63) is 42.1 Å². The lowest BCUT2D eigenvalue weighted by molar-refractivity contribution is 0.0738. The van der Waals surface area contributed by atoms with Crippen LogP contribution in [0.15, 0.2) is 36.5 Å². The minimum atomic E-state index is -0.0774. The van der Waals surface area contributed by atoms with Crippen LogP contribution in [0.25, 0.3) is 10.9 Å². The van der Waals surface area contributed by atoms with Crippen LogP contribution in [0, 0.1) is 0 Å². The van der Waals surface area contributed by atoms with E-state index in [9.17, 15) is 4.79 Å². The maximum atomic E-state index is 12.7. The van der Waals surface area contributed by atoms with Crippen LogP contribution in [0.3, 0.4) is 0 Å². The molecule has 4 nitrogen and oxygen atoms in total. The highest BCUT2D eigenvalue weighted by molar-refractivity contribution is 7.80. The van der Waals surface area contributed by atoms with Crippen LogP contribution in [0.1, 0.15) is 24.2 Å². The summed E-state index contributed by atoms with van der Waals surface area (Å²) in [5.41, 5.74) is 7.01. The van der Waals surface area contributed by atoms with Gasteiger partial charge in [0.15, 0.2) is 0 Å². The first-order valence-corrected chi connectivity index (χ1v) is 6.84. The molecule has 2 rings (SSSR count). The molecule has 1 aromatic heterocycles. The highest BCUT2D eigenvalue weighted by atomic mass is 32.1. The largest absolute Gasteiger partial charge is 0.392 e. The van der Waals surface area contributed by atoms with E-state index in [4.69, 9.17) is 18.0 Å². The Morgan fingerprint density at radius 1 is 1.35 bits per heavy atom. The Balaban J connectivity index is 2.46. The van der Waals surface area contributed by atoms with Gasteiger partial charge in [0.2, 0.25) is 0 Å². The van der Waals surface area contributed by atoms with E-state index in [1.165, 1.54) is 0 Å². The monoisotopic (exact) mass is 287 g/mol. The summed E-state index contributed by atoms with van der Waals surface area (Å²) in [4.78, 5) is 19.0. The van der Waals surface area contributed by atoms with Crippen LogP contribution < -0.4 is 5.73 Å². The fourth-order valence-electron chi connectivity index (χ4n) is 2.09. The number of thiocarbonyl (C=S) groups is 1. The van der Waals surface area contributed by atoms with Crippen LogP contribution in [0.4, 0.5) is 0 Å². The summed E-state index contributed by atoms with van der Waals surface area (Å²) >= 11 is 4.93. The molecule has 0 bridgehead atoms. The molecule has 1 heterocycles. The molecular weight excluding hydrogens is 270 g/mol. The maximum Gasteiger partial charge on any atom is 0.255 e. The third kappa shape index (κ3) is 2.93. The van der Waals surface area contributed by atoms with Gasteiger partial charge in [0.1, 0.15) is 0 Å². The van der Waals surface area contributed by atoms with E-state index >= 15 is 0 Å². The number of amides is 1. The number of pyridine rings is 1. The molecule has 0 atom stereocenters. The number of para-hydroxylation sites is 1. The molecule has 5 heteroatoms. The van der Waals surface area contributed by atoms with Gasteiger partial charge in [-0.3, -0.25) is 9.78 Å². The summed E-state index contributed by atoms with van der Waals surface area (Å²) in [5, 5.41) is 0.841. The minimum Gasteiger partial charge on any atom is -0.392 e. The number of carbonyl (C=O) groups excluding carboxylic acids is 1. The third-order valence-electron chi connectivity index (χ3n) is 3.09. The quantitative estimate of drug-likeness (QED) is 0.877. The average Bonchev–Trinajstić information content (AvgIpc) is 2.43. The van der Waals surface area contributed by atoms with E-state index in [0.29, 0.717) is 10.6 Å². The summed E-state index contributed by atoms with van der Waals surface area (Å²) < 4.78 is 0. The molecule has 0 saturated carbocycles. The molecule has 2 aromatic rings. The van der Waals surface area contributed by atoms with Crippen molar-refractivity contribution in [2.75, 3.05) is 6.54 Å². The van der Waals surface area contributed by atoms with Crippen molar-refractivity contribution in [3.8, 4) is 0 Å². The molecule has 0 unspecified atom stereocenters. The third-order valence-corrected chi connectivity index (χ3v) is 3.22. The molecule has 104 valence electrons. The predicted octanol–water partition coefficient (Wildman–Crippen LogP) is 2.37. The van der Waals surface area contributed by atoms with Gasteiger partial charge in [-0.1, -0.05) is 30.4 Å². The van der Waals surface area contributed by atoms with Gasteiger partial charge in [0.05, 0.1) is 22.6 Å². The summed E-state index contributed by atoms with van der Waals surface area (Å²) in [7, 11) is 0.